The summed E-state index contributed by atoms with van der Waals surface area (Å²) in [5, 5.41) is 10.5. The maximum Gasteiger partial charge on any atom is 0.325 e. The standard InChI is InChI=1S/C38H64N6O12/c1-6-53-31(45)12-18-39-35(49)43(36(50)40-19-13-32(46)54-7-2)22-16-27-11-10-26(5)29-24-28(30(27)25-29)17-23-44(37(51)41-20-14-33(47)55-8-3)38(52)42-21-15-34(48)56-9-4/h26-30H,6-25H2,1-5H3,(H,39,49)(H,40,50)(H,41,51)(H,42,52). The molecule has 8 amide bonds. The third-order valence-corrected chi connectivity index (χ3v) is 10.3. The molecule has 0 saturated heterocycles. The number of hydrogen-bond acceptors (Lipinski definition) is 12. The number of urea groups is 4. The van der Waals surface area contributed by atoms with Crippen LogP contribution in [0.3, 0.4) is 0 Å². The van der Waals surface area contributed by atoms with E-state index in [9.17, 15) is 38.4 Å². The summed E-state index contributed by atoms with van der Waals surface area (Å²) in [5.74, 6) is -0.565. The zero-order valence-corrected chi connectivity index (χ0v) is 33.8. The van der Waals surface area contributed by atoms with Gasteiger partial charge in [-0.15, -0.1) is 0 Å². The zero-order chi connectivity index (χ0) is 41.5. The zero-order valence-electron chi connectivity index (χ0n) is 33.8. The summed E-state index contributed by atoms with van der Waals surface area (Å²) in [5.41, 5.74) is 0. The van der Waals surface area contributed by atoms with E-state index in [0.29, 0.717) is 24.7 Å². The van der Waals surface area contributed by atoms with Crippen LogP contribution in [-0.2, 0) is 38.1 Å². The first kappa shape index (κ1) is 47.5. The van der Waals surface area contributed by atoms with Gasteiger partial charge in [-0.1, -0.05) is 13.3 Å². The Hall–Kier alpha value is -4.64. The van der Waals surface area contributed by atoms with Gasteiger partial charge in [0, 0.05) is 39.3 Å². The molecular formula is C38H64N6O12. The van der Waals surface area contributed by atoms with Crippen LogP contribution in [0.15, 0.2) is 0 Å². The molecule has 2 fully saturated rings. The van der Waals surface area contributed by atoms with Crippen molar-refractivity contribution in [2.75, 3.05) is 65.7 Å². The molecule has 18 heteroatoms. The van der Waals surface area contributed by atoms with Gasteiger partial charge in [-0.3, -0.25) is 19.2 Å². The number of hydrogen-bond donors (Lipinski definition) is 4. The average molecular weight is 797 g/mol. The maximum atomic E-state index is 13.3. The molecule has 2 rings (SSSR count). The van der Waals surface area contributed by atoms with Gasteiger partial charge in [0.15, 0.2) is 0 Å². The fourth-order valence-electron chi connectivity index (χ4n) is 7.44. The van der Waals surface area contributed by atoms with Gasteiger partial charge >= 0.3 is 48.0 Å². The molecule has 2 bridgehead atoms. The van der Waals surface area contributed by atoms with E-state index >= 15 is 0 Å². The quantitative estimate of drug-likeness (QED) is 0.0909. The molecule has 4 N–H and O–H groups in total. The normalized spacial score (nSPS) is 19.7. The number of carbonyl (C=O) groups excluding carboxylic acids is 8. The summed E-state index contributed by atoms with van der Waals surface area (Å²) < 4.78 is 19.7. The third kappa shape index (κ3) is 17.0. The molecule has 0 aromatic heterocycles. The van der Waals surface area contributed by atoms with Crippen LogP contribution in [0.4, 0.5) is 19.2 Å². The summed E-state index contributed by atoms with van der Waals surface area (Å²) in [7, 11) is 0. The average Bonchev–Trinajstić information content (AvgIpc) is 3.50. The minimum absolute atomic E-state index is 0.0265. The van der Waals surface area contributed by atoms with Crippen molar-refractivity contribution < 1.29 is 57.3 Å². The number of carbonyl (C=O) groups is 8. The fourth-order valence-corrected chi connectivity index (χ4v) is 7.44. The van der Waals surface area contributed by atoms with Crippen molar-refractivity contribution in [2.45, 2.75) is 98.8 Å². The second-order valence-corrected chi connectivity index (χ2v) is 14.0. The smallest absolute Gasteiger partial charge is 0.325 e. The molecule has 318 valence electrons. The van der Waals surface area contributed by atoms with E-state index in [4.69, 9.17) is 18.9 Å². The third-order valence-electron chi connectivity index (χ3n) is 10.3. The van der Waals surface area contributed by atoms with E-state index in [0.717, 1.165) is 35.5 Å². The van der Waals surface area contributed by atoms with Gasteiger partial charge in [-0.2, -0.15) is 0 Å². The van der Waals surface area contributed by atoms with E-state index in [1.54, 1.807) is 27.7 Å². The summed E-state index contributed by atoms with van der Waals surface area (Å²) >= 11 is 0. The van der Waals surface area contributed by atoms with Gasteiger partial charge in [0.05, 0.1) is 52.1 Å². The van der Waals surface area contributed by atoms with E-state index in [-0.39, 0.29) is 109 Å². The lowest BCUT2D eigenvalue weighted by Gasteiger charge is -2.32. The highest BCUT2D eigenvalue weighted by atomic mass is 16.5. The topological polar surface area (TPSA) is 228 Å². The Labute approximate surface area is 330 Å². The molecule has 2 aliphatic carbocycles. The Bertz CT molecular complexity index is 1240. The Kier molecular flexibility index (Phi) is 22.3. The number of esters is 4. The molecule has 0 spiro atoms. The van der Waals surface area contributed by atoms with Crippen molar-refractivity contribution in [1.82, 2.24) is 31.1 Å². The van der Waals surface area contributed by atoms with E-state index in [1.807, 2.05) is 0 Å². The lowest BCUT2D eigenvalue weighted by atomic mass is 9.77. The molecule has 56 heavy (non-hydrogen) atoms. The number of ether oxygens (including phenoxy) is 4. The van der Waals surface area contributed by atoms with Crippen LogP contribution < -0.4 is 21.3 Å². The first-order valence-corrected chi connectivity index (χ1v) is 20.1. The van der Waals surface area contributed by atoms with Crippen molar-refractivity contribution in [1.29, 1.82) is 0 Å². The van der Waals surface area contributed by atoms with Gasteiger partial charge in [0.1, 0.15) is 0 Å². The number of nitrogens with one attached hydrogen (secondary N) is 4. The highest BCUT2D eigenvalue weighted by Crippen LogP contribution is 2.51. The largest absolute Gasteiger partial charge is 0.466 e. The molecule has 2 saturated carbocycles. The molecule has 5 unspecified atom stereocenters. The molecule has 0 aromatic carbocycles. The lowest BCUT2D eigenvalue weighted by Crippen LogP contribution is -2.50. The van der Waals surface area contributed by atoms with E-state index < -0.39 is 48.0 Å². The predicted molar refractivity (Wildman–Crippen MR) is 203 cm³/mol. The summed E-state index contributed by atoms with van der Waals surface area (Å²) in [4.78, 5) is 103. The monoisotopic (exact) mass is 796 g/mol. The number of amides is 8. The molecule has 0 aliphatic heterocycles. The first-order valence-electron chi connectivity index (χ1n) is 20.1. The lowest BCUT2D eigenvalue weighted by molar-refractivity contribution is -0.143. The fraction of sp³-hybridized carbons (Fsp3) is 0.789. The minimum atomic E-state index is -0.677. The predicted octanol–water partition coefficient (Wildman–Crippen LogP) is 3.71. The van der Waals surface area contributed by atoms with Gasteiger partial charge in [0.2, 0.25) is 0 Å². The van der Waals surface area contributed by atoms with Crippen molar-refractivity contribution >= 4 is 48.0 Å². The molecule has 0 radical (unpaired) electrons. The van der Waals surface area contributed by atoms with Crippen molar-refractivity contribution in [2.24, 2.45) is 29.6 Å². The highest BCUT2D eigenvalue weighted by molar-refractivity contribution is 5.94. The summed E-state index contributed by atoms with van der Waals surface area (Å²) in [6.07, 6.45) is 4.45. The van der Waals surface area contributed by atoms with Crippen LogP contribution in [0, 0.1) is 29.6 Å². The van der Waals surface area contributed by atoms with E-state index in [1.165, 1.54) is 0 Å². The van der Waals surface area contributed by atoms with Gasteiger partial charge in [0.25, 0.3) is 0 Å². The SMILES string of the molecule is CCOC(=O)CCNC(=O)N(CCC1CCC(C)C2CC(CCN(C(=O)NCCC(=O)OCC)C(=O)NCCC(=O)OCC)C1C2)C(=O)NCCC(=O)OCC. The van der Waals surface area contributed by atoms with Gasteiger partial charge in [-0.05, 0) is 89.4 Å². The minimum Gasteiger partial charge on any atom is -0.466 e. The van der Waals surface area contributed by atoms with Crippen molar-refractivity contribution in [3.8, 4) is 0 Å². The molecule has 0 heterocycles. The molecule has 0 aromatic rings. The van der Waals surface area contributed by atoms with Crippen molar-refractivity contribution in [3.05, 3.63) is 0 Å². The Morgan fingerprint density at radius 2 is 0.839 bits per heavy atom. The second-order valence-electron chi connectivity index (χ2n) is 14.0. The van der Waals surface area contributed by atoms with Crippen LogP contribution >= 0.6 is 0 Å². The number of imide groups is 2. The van der Waals surface area contributed by atoms with Crippen LogP contribution in [-0.4, -0.2) is 123 Å². The van der Waals surface area contributed by atoms with Crippen LogP contribution in [0.25, 0.3) is 0 Å². The second kappa shape index (κ2) is 26.3. The molecule has 5 atom stereocenters. The number of nitrogens with zero attached hydrogens (tertiary/aromatic N) is 2. The first-order chi connectivity index (χ1) is 26.8. The highest BCUT2D eigenvalue weighted by Gasteiger charge is 2.43. The van der Waals surface area contributed by atoms with Crippen LogP contribution in [0.1, 0.15) is 98.8 Å². The maximum absolute atomic E-state index is 13.3. The number of rotatable bonds is 22. The van der Waals surface area contributed by atoms with Crippen LogP contribution in [0.5, 0.6) is 0 Å². The van der Waals surface area contributed by atoms with Gasteiger partial charge < -0.3 is 40.2 Å². The summed E-state index contributed by atoms with van der Waals surface area (Å²) in [6, 6.07) is -2.71. The molecule has 18 nitrogen and oxygen atoms in total. The number of fused-ring (bicyclic) bond motifs is 2. The molecular weight excluding hydrogens is 732 g/mol. The van der Waals surface area contributed by atoms with Crippen molar-refractivity contribution in [3.63, 3.8) is 0 Å². The Balaban J connectivity index is 2.18. The Morgan fingerprint density at radius 3 is 1.18 bits per heavy atom. The van der Waals surface area contributed by atoms with E-state index in [2.05, 4.69) is 28.2 Å². The molecule has 2 aliphatic rings. The van der Waals surface area contributed by atoms with Crippen LogP contribution in [0.2, 0.25) is 0 Å². The van der Waals surface area contributed by atoms with Gasteiger partial charge in [-0.25, -0.2) is 29.0 Å². The Morgan fingerprint density at radius 1 is 0.500 bits per heavy atom. The summed E-state index contributed by atoms with van der Waals surface area (Å²) in [6.45, 7) is 9.84.